The van der Waals surface area contributed by atoms with Crippen LogP contribution < -0.4 is 5.73 Å². The van der Waals surface area contributed by atoms with Gasteiger partial charge in [-0.3, -0.25) is 0 Å². The van der Waals surface area contributed by atoms with Gasteiger partial charge in [0.25, 0.3) is 0 Å². The predicted molar refractivity (Wildman–Crippen MR) is 34.3 cm³/mol. The highest BCUT2D eigenvalue weighted by Gasteiger charge is 2.03. The molecule has 0 aliphatic carbocycles. The van der Waals surface area contributed by atoms with E-state index in [1.54, 1.807) is 0 Å². The van der Waals surface area contributed by atoms with Gasteiger partial charge in [0.2, 0.25) is 0 Å². The number of hydrogen-bond acceptors (Lipinski definition) is 3. The highest BCUT2D eigenvalue weighted by molar-refractivity contribution is 5.37. The number of hydrogen-bond donors (Lipinski definition) is 1. The molecule has 10 heavy (non-hydrogen) atoms. The van der Waals surface area contributed by atoms with Crippen molar-refractivity contribution in [3.05, 3.63) is 17.8 Å². The third kappa shape index (κ3) is 0.890. The largest absolute Gasteiger partial charge is 0.381 e. The monoisotopic (exact) mass is 137 g/mol. The molecular weight excluding hydrogens is 133 g/mol. The van der Waals surface area contributed by atoms with Gasteiger partial charge in [0.1, 0.15) is 6.33 Å². The number of nitrogen functional groups attached to an aromatic ring is 1. The highest BCUT2D eigenvalue weighted by Crippen LogP contribution is 2.06. The number of aromatic nitrogens is 2. The Morgan fingerprint density at radius 3 is 2.80 bits per heavy atom. The Kier molecular flexibility index (Phi) is 1.50. The minimum absolute atomic E-state index is 0.104. The van der Waals surface area contributed by atoms with Gasteiger partial charge < -0.3 is 5.73 Å². The van der Waals surface area contributed by atoms with E-state index in [-0.39, 0.29) is 11.5 Å². The van der Waals surface area contributed by atoms with Gasteiger partial charge in [0.05, 0.1) is 0 Å². The van der Waals surface area contributed by atoms with Crippen molar-refractivity contribution in [1.29, 1.82) is 0 Å². The topological polar surface area (TPSA) is 51.8 Å². The molecule has 0 saturated heterocycles. The van der Waals surface area contributed by atoms with Crippen LogP contribution in [0.15, 0.2) is 6.33 Å². The number of nitrogens with two attached hydrogens (primary N) is 1. The van der Waals surface area contributed by atoms with Crippen molar-refractivity contribution < 1.29 is 4.39 Å². The summed E-state index contributed by atoms with van der Waals surface area (Å²) >= 11 is 0. The van der Waals surface area contributed by atoms with Gasteiger partial charge in [-0.05, 0) is 5.92 Å². The van der Waals surface area contributed by atoms with E-state index in [9.17, 15) is 4.39 Å². The molecule has 0 aliphatic rings. The van der Waals surface area contributed by atoms with Gasteiger partial charge >= 0.3 is 0 Å². The summed E-state index contributed by atoms with van der Waals surface area (Å²) in [6.45, 7) is 0. The van der Waals surface area contributed by atoms with E-state index in [0.29, 0.717) is 0 Å². The molecule has 0 fully saturated rings. The fraction of sp³-hybridized carbons (Fsp3) is 0. The van der Waals surface area contributed by atoms with Gasteiger partial charge in [-0.25, -0.2) is 9.97 Å². The molecule has 0 saturated carbocycles. The minimum atomic E-state index is -0.731. The third-order valence-corrected chi connectivity index (χ3v) is 0.953. The summed E-state index contributed by atoms with van der Waals surface area (Å²) in [4.78, 5) is 6.84. The molecule has 0 unspecified atom stereocenters. The van der Waals surface area contributed by atoms with E-state index in [2.05, 4.69) is 9.97 Å². The van der Waals surface area contributed by atoms with Crippen LogP contribution in [0, 0.1) is 18.2 Å². The molecule has 0 aromatic carbocycles. The van der Waals surface area contributed by atoms with Crippen LogP contribution >= 0.6 is 0 Å². The second-order valence-corrected chi connectivity index (χ2v) is 1.57. The van der Waals surface area contributed by atoms with Gasteiger partial charge in [0.15, 0.2) is 17.3 Å². The second-order valence-electron chi connectivity index (χ2n) is 1.57. The lowest BCUT2D eigenvalue weighted by molar-refractivity contribution is 0.615. The smallest absolute Gasteiger partial charge is 0.199 e. The zero-order valence-corrected chi connectivity index (χ0v) is 5.00. The van der Waals surface area contributed by atoms with Gasteiger partial charge in [-0.15, -0.1) is 6.42 Å². The molecule has 1 aromatic heterocycles. The van der Waals surface area contributed by atoms with E-state index in [0.717, 1.165) is 6.33 Å². The van der Waals surface area contributed by atoms with E-state index < -0.39 is 5.82 Å². The van der Waals surface area contributed by atoms with Crippen LogP contribution in [0.5, 0.6) is 0 Å². The van der Waals surface area contributed by atoms with Crippen molar-refractivity contribution in [2.24, 2.45) is 0 Å². The van der Waals surface area contributed by atoms with Gasteiger partial charge in [-0.2, -0.15) is 4.39 Å². The summed E-state index contributed by atoms with van der Waals surface area (Å²) in [6, 6.07) is 0. The number of nitrogens with zero attached hydrogens (tertiary/aromatic N) is 2. The lowest BCUT2D eigenvalue weighted by Gasteiger charge is -1.93. The molecule has 50 valence electrons. The van der Waals surface area contributed by atoms with Crippen molar-refractivity contribution in [1.82, 2.24) is 9.97 Å². The number of terminal acetylenes is 1. The second kappa shape index (κ2) is 2.31. The van der Waals surface area contributed by atoms with Crippen molar-refractivity contribution in [2.45, 2.75) is 0 Å². The number of halogens is 1. The molecule has 2 N–H and O–H groups in total. The average Bonchev–Trinajstić information content (AvgIpc) is 1.95. The first-order valence-corrected chi connectivity index (χ1v) is 2.48. The van der Waals surface area contributed by atoms with Crippen molar-refractivity contribution in [3.8, 4) is 12.3 Å². The molecule has 0 amide bonds. The Balaban J connectivity index is 3.31. The Morgan fingerprint density at radius 1 is 1.60 bits per heavy atom. The van der Waals surface area contributed by atoms with Crippen LogP contribution in [0.1, 0.15) is 5.69 Å². The summed E-state index contributed by atoms with van der Waals surface area (Å²) < 4.78 is 12.6. The first-order valence-electron chi connectivity index (χ1n) is 2.48. The molecule has 1 rings (SSSR count). The fourth-order valence-corrected chi connectivity index (χ4v) is 0.484. The quantitative estimate of drug-likeness (QED) is 0.519. The Hall–Kier alpha value is -1.63. The van der Waals surface area contributed by atoms with Crippen LogP contribution in [0.4, 0.5) is 10.2 Å². The SMILES string of the molecule is C#Cc1ncnc(N)c1F. The summed E-state index contributed by atoms with van der Waals surface area (Å²) in [5, 5.41) is 0. The lowest BCUT2D eigenvalue weighted by atomic mass is 10.4. The predicted octanol–water partition coefficient (Wildman–Crippen LogP) is 0.179. The zero-order chi connectivity index (χ0) is 7.56. The molecule has 0 radical (unpaired) electrons. The fourth-order valence-electron chi connectivity index (χ4n) is 0.484. The molecule has 0 spiro atoms. The molecule has 0 atom stereocenters. The van der Waals surface area contributed by atoms with Gasteiger partial charge in [0, 0.05) is 0 Å². The van der Waals surface area contributed by atoms with E-state index in [1.165, 1.54) is 0 Å². The number of rotatable bonds is 0. The molecule has 1 heterocycles. The molecule has 3 nitrogen and oxygen atoms in total. The normalized spacial score (nSPS) is 8.80. The van der Waals surface area contributed by atoms with Crippen LogP contribution in [0.2, 0.25) is 0 Å². The third-order valence-electron chi connectivity index (χ3n) is 0.953. The molecular formula is C6H4FN3. The van der Waals surface area contributed by atoms with Crippen molar-refractivity contribution >= 4 is 5.82 Å². The summed E-state index contributed by atoms with van der Waals surface area (Å²) in [5.74, 6) is 1.08. The lowest BCUT2D eigenvalue weighted by Crippen LogP contribution is -1.99. The average molecular weight is 137 g/mol. The molecule has 4 heteroatoms. The summed E-state index contributed by atoms with van der Waals surface area (Å²) in [7, 11) is 0. The van der Waals surface area contributed by atoms with E-state index in [1.807, 2.05) is 5.92 Å². The van der Waals surface area contributed by atoms with Crippen LogP contribution in [0.25, 0.3) is 0 Å². The molecule has 0 bridgehead atoms. The first-order chi connectivity index (χ1) is 4.75. The Morgan fingerprint density at radius 2 is 2.30 bits per heavy atom. The van der Waals surface area contributed by atoms with Crippen molar-refractivity contribution in [2.75, 3.05) is 5.73 Å². The maximum atomic E-state index is 12.6. The number of anilines is 1. The molecule has 0 aliphatic heterocycles. The van der Waals surface area contributed by atoms with Gasteiger partial charge in [-0.1, -0.05) is 0 Å². The van der Waals surface area contributed by atoms with E-state index >= 15 is 0 Å². The van der Waals surface area contributed by atoms with Crippen LogP contribution in [-0.4, -0.2) is 9.97 Å². The standard InChI is InChI=1S/C6H4FN3/c1-2-4-5(7)6(8)10-3-9-4/h1,3H,(H2,8,9,10). The minimum Gasteiger partial charge on any atom is -0.381 e. The zero-order valence-electron chi connectivity index (χ0n) is 5.00. The van der Waals surface area contributed by atoms with Crippen molar-refractivity contribution in [3.63, 3.8) is 0 Å². The maximum absolute atomic E-state index is 12.6. The molecule has 1 aromatic rings. The van der Waals surface area contributed by atoms with Crippen LogP contribution in [0.3, 0.4) is 0 Å². The summed E-state index contributed by atoms with van der Waals surface area (Å²) in [5.41, 5.74) is 4.97. The first kappa shape index (κ1) is 6.49. The Bertz CT molecular complexity index is 290. The highest BCUT2D eigenvalue weighted by atomic mass is 19.1. The Labute approximate surface area is 57.1 Å². The summed E-state index contributed by atoms with van der Waals surface area (Å²) in [6.07, 6.45) is 6.00. The van der Waals surface area contributed by atoms with Crippen LogP contribution in [-0.2, 0) is 0 Å². The maximum Gasteiger partial charge on any atom is 0.199 e. The van der Waals surface area contributed by atoms with E-state index in [4.69, 9.17) is 12.2 Å².